The Balaban J connectivity index is 1.48. The number of carbonyl (C=O) groups is 2. The van der Waals surface area contributed by atoms with E-state index in [1.165, 1.54) is 0 Å². The molecular formula is C32H38N2O4. The van der Waals surface area contributed by atoms with Crippen LogP contribution in [0.15, 0.2) is 78.9 Å². The molecule has 0 aromatic heterocycles. The van der Waals surface area contributed by atoms with Crippen LogP contribution in [0.2, 0.25) is 0 Å². The number of rotatable bonds is 12. The molecule has 0 spiro atoms. The molecule has 200 valence electrons. The summed E-state index contributed by atoms with van der Waals surface area (Å²) in [7, 11) is 0. The molecule has 0 saturated heterocycles. The van der Waals surface area contributed by atoms with Crippen LogP contribution in [-0.4, -0.2) is 40.8 Å². The van der Waals surface area contributed by atoms with Crippen LogP contribution in [0.1, 0.15) is 64.8 Å². The predicted octanol–water partition coefficient (Wildman–Crippen LogP) is 4.14. The molecule has 0 unspecified atom stereocenters. The number of unbranched alkanes of at least 4 members (excludes halogenated alkanes) is 1. The molecule has 0 radical (unpaired) electrons. The van der Waals surface area contributed by atoms with Gasteiger partial charge < -0.3 is 20.8 Å². The van der Waals surface area contributed by atoms with Crippen LogP contribution >= 0.6 is 0 Å². The topological polar surface area (TPSA) is 98.7 Å². The highest BCUT2D eigenvalue weighted by Gasteiger charge is 2.34. The van der Waals surface area contributed by atoms with Gasteiger partial charge in [-0.1, -0.05) is 86.1 Å². The first kappa shape index (κ1) is 27.6. The maximum atomic E-state index is 13.6. The zero-order valence-corrected chi connectivity index (χ0v) is 22.0. The summed E-state index contributed by atoms with van der Waals surface area (Å²) in [5.41, 5.74) is 4.29. The summed E-state index contributed by atoms with van der Waals surface area (Å²) in [6.45, 7) is 2.69. The minimum atomic E-state index is -0.820. The number of benzene rings is 3. The Morgan fingerprint density at radius 1 is 0.947 bits per heavy atom. The van der Waals surface area contributed by atoms with Gasteiger partial charge in [-0.3, -0.25) is 9.59 Å². The molecule has 4 N–H and O–H groups in total. The SMILES string of the molecule is CCCCNC(=O)c1ccccc1C[C@@H](O)C[C@@H](Cc1ccccc1)C(=O)N[C@H]1c2ccccc2C[C@H]1O. The fourth-order valence-corrected chi connectivity index (χ4v) is 5.26. The van der Waals surface area contributed by atoms with Crippen LogP contribution in [0.3, 0.4) is 0 Å². The van der Waals surface area contributed by atoms with Gasteiger partial charge in [-0.25, -0.2) is 0 Å². The van der Waals surface area contributed by atoms with E-state index in [-0.39, 0.29) is 24.7 Å². The van der Waals surface area contributed by atoms with Crippen LogP contribution in [0.25, 0.3) is 0 Å². The van der Waals surface area contributed by atoms with Crippen LogP contribution in [-0.2, 0) is 24.1 Å². The fourth-order valence-electron chi connectivity index (χ4n) is 5.26. The van der Waals surface area contributed by atoms with Crippen molar-refractivity contribution in [1.82, 2.24) is 10.6 Å². The minimum absolute atomic E-state index is 0.145. The van der Waals surface area contributed by atoms with Gasteiger partial charge in [0, 0.05) is 24.4 Å². The van der Waals surface area contributed by atoms with Gasteiger partial charge in [0.25, 0.3) is 5.91 Å². The largest absolute Gasteiger partial charge is 0.393 e. The molecule has 3 aromatic rings. The normalized spacial score (nSPS) is 17.9. The summed E-state index contributed by atoms with van der Waals surface area (Å²) < 4.78 is 0. The van der Waals surface area contributed by atoms with Crippen molar-refractivity contribution in [3.8, 4) is 0 Å². The smallest absolute Gasteiger partial charge is 0.251 e. The van der Waals surface area contributed by atoms with Crippen molar-refractivity contribution in [1.29, 1.82) is 0 Å². The Morgan fingerprint density at radius 3 is 2.45 bits per heavy atom. The lowest BCUT2D eigenvalue weighted by Gasteiger charge is -2.25. The molecule has 2 amide bonds. The van der Waals surface area contributed by atoms with Crippen LogP contribution in [0.4, 0.5) is 0 Å². The lowest BCUT2D eigenvalue weighted by atomic mass is 9.89. The average Bonchev–Trinajstić information content (AvgIpc) is 3.24. The molecule has 0 fully saturated rings. The first-order chi connectivity index (χ1) is 18.5. The number of nitrogens with one attached hydrogen (secondary N) is 2. The van der Waals surface area contributed by atoms with Gasteiger partial charge >= 0.3 is 0 Å². The van der Waals surface area contributed by atoms with Gasteiger partial charge in [0.2, 0.25) is 5.91 Å². The number of aliphatic hydroxyl groups is 2. The van der Waals surface area contributed by atoms with E-state index in [1.54, 1.807) is 6.07 Å². The van der Waals surface area contributed by atoms with Gasteiger partial charge in [-0.15, -0.1) is 0 Å². The maximum Gasteiger partial charge on any atom is 0.251 e. The van der Waals surface area contributed by atoms with Gasteiger partial charge in [-0.05, 0) is 54.0 Å². The highest BCUT2D eigenvalue weighted by molar-refractivity contribution is 5.95. The van der Waals surface area contributed by atoms with Crippen molar-refractivity contribution in [2.45, 2.75) is 63.7 Å². The first-order valence-electron chi connectivity index (χ1n) is 13.6. The van der Waals surface area contributed by atoms with E-state index < -0.39 is 24.2 Å². The number of fused-ring (bicyclic) bond motifs is 1. The van der Waals surface area contributed by atoms with E-state index >= 15 is 0 Å². The van der Waals surface area contributed by atoms with Gasteiger partial charge in [0.05, 0.1) is 18.2 Å². The number of carbonyl (C=O) groups excluding carboxylic acids is 2. The van der Waals surface area contributed by atoms with E-state index in [4.69, 9.17) is 0 Å². The first-order valence-corrected chi connectivity index (χ1v) is 13.6. The van der Waals surface area contributed by atoms with E-state index in [9.17, 15) is 19.8 Å². The second-order valence-electron chi connectivity index (χ2n) is 10.2. The third-order valence-electron chi connectivity index (χ3n) is 7.29. The summed E-state index contributed by atoms with van der Waals surface area (Å²) >= 11 is 0. The Kier molecular flexibility index (Phi) is 9.68. The van der Waals surface area contributed by atoms with E-state index in [0.29, 0.717) is 24.9 Å². The molecule has 38 heavy (non-hydrogen) atoms. The molecule has 1 aliphatic rings. The van der Waals surface area contributed by atoms with Crippen molar-refractivity contribution < 1.29 is 19.8 Å². The molecule has 0 bridgehead atoms. The Hall–Kier alpha value is -3.48. The third-order valence-corrected chi connectivity index (χ3v) is 7.29. The summed E-state index contributed by atoms with van der Waals surface area (Å²) in [6, 6.07) is 24.4. The number of hydrogen-bond acceptors (Lipinski definition) is 4. The second kappa shape index (κ2) is 13.4. The molecular weight excluding hydrogens is 476 g/mol. The second-order valence-corrected chi connectivity index (χ2v) is 10.2. The molecule has 4 atom stereocenters. The molecule has 6 heteroatoms. The van der Waals surface area contributed by atoms with Gasteiger partial charge in [0.15, 0.2) is 0 Å². The lowest BCUT2D eigenvalue weighted by Crippen LogP contribution is -2.40. The summed E-state index contributed by atoms with van der Waals surface area (Å²) in [4.78, 5) is 26.3. The predicted molar refractivity (Wildman–Crippen MR) is 149 cm³/mol. The Bertz CT molecular complexity index is 1210. The van der Waals surface area contributed by atoms with Crippen LogP contribution in [0.5, 0.6) is 0 Å². The summed E-state index contributed by atoms with van der Waals surface area (Å²) in [5, 5.41) is 27.8. The minimum Gasteiger partial charge on any atom is -0.393 e. The van der Waals surface area contributed by atoms with Crippen molar-refractivity contribution in [3.63, 3.8) is 0 Å². The zero-order chi connectivity index (χ0) is 26.9. The van der Waals surface area contributed by atoms with Crippen LogP contribution < -0.4 is 10.6 Å². The van der Waals surface area contributed by atoms with Crippen LogP contribution in [0, 0.1) is 5.92 Å². The van der Waals surface area contributed by atoms with Crippen molar-refractivity contribution in [2.75, 3.05) is 6.54 Å². The van der Waals surface area contributed by atoms with E-state index in [1.807, 2.05) is 72.8 Å². The highest BCUT2D eigenvalue weighted by Crippen LogP contribution is 2.32. The Labute approximate surface area is 225 Å². The molecule has 0 heterocycles. The molecule has 0 saturated carbocycles. The molecule has 1 aliphatic carbocycles. The monoisotopic (exact) mass is 514 g/mol. The Morgan fingerprint density at radius 2 is 1.66 bits per heavy atom. The van der Waals surface area contributed by atoms with Crippen molar-refractivity contribution in [2.24, 2.45) is 5.92 Å². The molecule has 3 aromatic carbocycles. The summed E-state index contributed by atoms with van der Waals surface area (Å²) in [5.74, 6) is -0.842. The summed E-state index contributed by atoms with van der Waals surface area (Å²) in [6.07, 6.45) is 1.87. The number of amides is 2. The average molecular weight is 515 g/mol. The quantitative estimate of drug-likeness (QED) is 0.273. The van der Waals surface area contributed by atoms with E-state index in [2.05, 4.69) is 17.6 Å². The van der Waals surface area contributed by atoms with Gasteiger partial charge in [0.1, 0.15) is 0 Å². The number of hydrogen-bond donors (Lipinski definition) is 4. The van der Waals surface area contributed by atoms with Crippen molar-refractivity contribution in [3.05, 3.63) is 107 Å². The zero-order valence-electron chi connectivity index (χ0n) is 22.0. The molecule has 4 rings (SSSR count). The van der Waals surface area contributed by atoms with Gasteiger partial charge in [-0.2, -0.15) is 0 Å². The fraction of sp³-hybridized carbons (Fsp3) is 0.375. The molecule has 0 aliphatic heterocycles. The highest BCUT2D eigenvalue weighted by atomic mass is 16.3. The van der Waals surface area contributed by atoms with Crippen molar-refractivity contribution >= 4 is 11.8 Å². The third kappa shape index (κ3) is 7.09. The number of aliphatic hydroxyl groups excluding tert-OH is 2. The lowest BCUT2D eigenvalue weighted by molar-refractivity contribution is -0.127. The molecule has 6 nitrogen and oxygen atoms in total. The maximum absolute atomic E-state index is 13.6. The van der Waals surface area contributed by atoms with E-state index in [0.717, 1.165) is 35.1 Å². The standard InChI is InChI=1S/C32H38N2O4/c1-2-3-17-33-32(38)28-16-10-8-13-23(28)19-26(35)20-25(18-22-11-5-4-6-12-22)31(37)34-30-27-15-9-7-14-24(27)21-29(30)36/h4-16,25-26,29-30,35-36H,2-3,17-21H2,1H3,(H,33,38)(H,34,37)/t25-,26-,29-,30+/m1/s1.